The molecule has 0 spiro atoms. The minimum absolute atomic E-state index is 0.280. The zero-order valence-corrected chi connectivity index (χ0v) is 11.8. The quantitative estimate of drug-likeness (QED) is 0.876. The molecule has 0 amide bonds. The van der Waals surface area contributed by atoms with Crippen molar-refractivity contribution in [1.82, 2.24) is 5.32 Å². The predicted molar refractivity (Wildman–Crippen MR) is 77.2 cm³/mol. The second-order valence-corrected chi connectivity index (χ2v) is 6.63. The van der Waals surface area contributed by atoms with Gasteiger partial charge in [-0.05, 0) is 42.5 Å². The number of benzene rings is 1. The number of rotatable bonds is 4. The summed E-state index contributed by atoms with van der Waals surface area (Å²) >= 11 is 0. The van der Waals surface area contributed by atoms with Crippen LogP contribution < -0.4 is 10.2 Å². The van der Waals surface area contributed by atoms with Crippen LogP contribution in [-0.2, 0) is 12.0 Å². The first-order chi connectivity index (χ1) is 8.58. The summed E-state index contributed by atoms with van der Waals surface area (Å²) in [7, 11) is 2.20. The summed E-state index contributed by atoms with van der Waals surface area (Å²) in [5, 5.41) is 3.63. The summed E-state index contributed by atoms with van der Waals surface area (Å²) in [5.74, 6) is 0.956. The van der Waals surface area contributed by atoms with Crippen LogP contribution in [0.25, 0.3) is 0 Å². The van der Waals surface area contributed by atoms with Gasteiger partial charge in [0, 0.05) is 31.2 Å². The monoisotopic (exact) mass is 244 g/mol. The molecule has 1 aliphatic carbocycles. The molecule has 2 aliphatic rings. The zero-order chi connectivity index (χ0) is 12.8. The van der Waals surface area contributed by atoms with E-state index in [-0.39, 0.29) is 5.41 Å². The van der Waals surface area contributed by atoms with Crippen molar-refractivity contribution in [3.8, 4) is 0 Å². The highest BCUT2D eigenvalue weighted by molar-refractivity contribution is 5.64. The minimum Gasteiger partial charge on any atom is -0.373 e. The SMILES string of the molecule is CN1CC(C)(C)c2c(CNCC3CC3)cccc21. The van der Waals surface area contributed by atoms with Gasteiger partial charge >= 0.3 is 0 Å². The number of nitrogens with one attached hydrogen (secondary N) is 1. The standard InChI is InChI=1S/C16H24N2/c1-16(2)11-18(3)14-6-4-5-13(15(14)16)10-17-9-12-7-8-12/h4-6,12,17H,7-11H2,1-3H3. The third-order valence-corrected chi connectivity index (χ3v) is 4.29. The maximum atomic E-state index is 3.63. The summed E-state index contributed by atoms with van der Waals surface area (Å²) in [6, 6.07) is 6.75. The summed E-state index contributed by atoms with van der Waals surface area (Å²) < 4.78 is 0. The van der Waals surface area contributed by atoms with Gasteiger partial charge in [-0.25, -0.2) is 0 Å². The Kier molecular flexibility index (Phi) is 2.86. The van der Waals surface area contributed by atoms with Gasteiger partial charge in [0.2, 0.25) is 0 Å². The van der Waals surface area contributed by atoms with E-state index in [1.54, 1.807) is 5.56 Å². The molecule has 0 radical (unpaired) electrons. The summed E-state index contributed by atoms with van der Waals surface area (Å²) in [4.78, 5) is 2.39. The molecule has 1 N–H and O–H groups in total. The molecule has 0 atom stereocenters. The van der Waals surface area contributed by atoms with Crippen LogP contribution in [-0.4, -0.2) is 20.1 Å². The number of fused-ring (bicyclic) bond motifs is 1. The topological polar surface area (TPSA) is 15.3 Å². The van der Waals surface area contributed by atoms with E-state index >= 15 is 0 Å². The fourth-order valence-electron chi connectivity index (χ4n) is 3.32. The molecule has 1 aliphatic heterocycles. The van der Waals surface area contributed by atoms with E-state index in [1.165, 1.54) is 30.6 Å². The van der Waals surface area contributed by atoms with Gasteiger partial charge in [-0.2, -0.15) is 0 Å². The Balaban J connectivity index is 1.81. The van der Waals surface area contributed by atoms with Crippen LogP contribution in [0.2, 0.25) is 0 Å². The average Bonchev–Trinajstić information content (AvgIpc) is 3.08. The molecule has 1 saturated carbocycles. The highest BCUT2D eigenvalue weighted by Gasteiger charge is 2.35. The molecule has 98 valence electrons. The van der Waals surface area contributed by atoms with E-state index in [0.29, 0.717) is 0 Å². The van der Waals surface area contributed by atoms with E-state index in [1.807, 2.05) is 0 Å². The van der Waals surface area contributed by atoms with E-state index < -0.39 is 0 Å². The van der Waals surface area contributed by atoms with Crippen molar-refractivity contribution >= 4 is 5.69 Å². The Morgan fingerprint density at radius 2 is 2.11 bits per heavy atom. The fraction of sp³-hybridized carbons (Fsp3) is 0.625. The Labute approximate surface area is 110 Å². The molecule has 2 nitrogen and oxygen atoms in total. The fourth-order valence-corrected chi connectivity index (χ4v) is 3.32. The third-order valence-electron chi connectivity index (χ3n) is 4.29. The lowest BCUT2D eigenvalue weighted by Gasteiger charge is -2.21. The summed E-state index contributed by atoms with van der Waals surface area (Å²) in [6.45, 7) is 8.07. The number of hydrogen-bond donors (Lipinski definition) is 1. The maximum Gasteiger partial charge on any atom is 0.0405 e. The molecule has 0 unspecified atom stereocenters. The first kappa shape index (κ1) is 12.0. The normalized spacial score (nSPS) is 21.2. The van der Waals surface area contributed by atoms with Crippen molar-refractivity contribution in [2.24, 2.45) is 5.92 Å². The van der Waals surface area contributed by atoms with Crippen molar-refractivity contribution in [2.45, 2.75) is 38.6 Å². The molecule has 2 heteroatoms. The second kappa shape index (κ2) is 4.27. The lowest BCUT2D eigenvalue weighted by molar-refractivity contribution is 0.551. The number of anilines is 1. The molecule has 1 heterocycles. The molecule has 0 bridgehead atoms. The Hall–Kier alpha value is -1.02. The van der Waals surface area contributed by atoms with E-state index in [9.17, 15) is 0 Å². The Morgan fingerprint density at radius 3 is 2.83 bits per heavy atom. The van der Waals surface area contributed by atoms with Crippen LogP contribution >= 0.6 is 0 Å². The maximum absolute atomic E-state index is 3.63. The van der Waals surface area contributed by atoms with Crippen LogP contribution in [0.4, 0.5) is 5.69 Å². The van der Waals surface area contributed by atoms with Crippen LogP contribution in [0, 0.1) is 5.92 Å². The molecular weight excluding hydrogens is 220 g/mol. The Bertz CT molecular complexity index is 446. The zero-order valence-electron chi connectivity index (χ0n) is 11.8. The van der Waals surface area contributed by atoms with Crippen molar-refractivity contribution in [2.75, 3.05) is 25.0 Å². The molecule has 1 aromatic rings. The second-order valence-electron chi connectivity index (χ2n) is 6.63. The average molecular weight is 244 g/mol. The van der Waals surface area contributed by atoms with E-state index in [4.69, 9.17) is 0 Å². The van der Waals surface area contributed by atoms with Crippen LogP contribution in [0.1, 0.15) is 37.8 Å². The Morgan fingerprint density at radius 1 is 1.33 bits per heavy atom. The smallest absolute Gasteiger partial charge is 0.0405 e. The number of nitrogens with zero attached hydrogens (tertiary/aromatic N) is 1. The summed E-state index contributed by atoms with van der Waals surface area (Å²) in [6.07, 6.45) is 2.85. The minimum atomic E-state index is 0.280. The van der Waals surface area contributed by atoms with Gasteiger partial charge in [0.15, 0.2) is 0 Å². The van der Waals surface area contributed by atoms with E-state index in [0.717, 1.165) is 19.0 Å². The van der Waals surface area contributed by atoms with Gasteiger partial charge in [0.1, 0.15) is 0 Å². The van der Waals surface area contributed by atoms with Gasteiger partial charge in [-0.1, -0.05) is 26.0 Å². The van der Waals surface area contributed by atoms with Gasteiger partial charge in [-0.3, -0.25) is 0 Å². The summed E-state index contributed by atoms with van der Waals surface area (Å²) in [5.41, 5.74) is 4.74. The van der Waals surface area contributed by atoms with Gasteiger partial charge in [-0.15, -0.1) is 0 Å². The highest BCUT2D eigenvalue weighted by atomic mass is 15.1. The predicted octanol–water partition coefficient (Wildman–Crippen LogP) is 2.91. The van der Waals surface area contributed by atoms with E-state index in [2.05, 4.69) is 49.3 Å². The molecule has 0 saturated heterocycles. The van der Waals surface area contributed by atoms with Gasteiger partial charge in [0.25, 0.3) is 0 Å². The highest BCUT2D eigenvalue weighted by Crippen LogP contribution is 2.41. The van der Waals surface area contributed by atoms with Crippen molar-refractivity contribution in [3.63, 3.8) is 0 Å². The first-order valence-corrected chi connectivity index (χ1v) is 7.12. The van der Waals surface area contributed by atoms with Gasteiger partial charge in [0.05, 0.1) is 0 Å². The lowest BCUT2D eigenvalue weighted by Crippen LogP contribution is -2.26. The van der Waals surface area contributed by atoms with Crippen molar-refractivity contribution < 1.29 is 0 Å². The third kappa shape index (κ3) is 2.14. The number of hydrogen-bond acceptors (Lipinski definition) is 2. The van der Waals surface area contributed by atoms with Crippen molar-refractivity contribution in [1.29, 1.82) is 0 Å². The van der Waals surface area contributed by atoms with Crippen LogP contribution in [0.5, 0.6) is 0 Å². The first-order valence-electron chi connectivity index (χ1n) is 7.12. The lowest BCUT2D eigenvalue weighted by atomic mass is 9.83. The largest absolute Gasteiger partial charge is 0.373 e. The van der Waals surface area contributed by atoms with Crippen molar-refractivity contribution in [3.05, 3.63) is 29.3 Å². The molecular formula is C16H24N2. The number of likely N-dealkylation sites (N-methyl/N-ethyl adjacent to an activating group) is 1. The molecule has 0 aromatic heterocycles. The van der Waals surface area contributed by atoms with Crippen LogP contribution in [0.3, 0.4) is 0 Å². The molecule has 3 rings (SSSR count). The van der Waals surface area contributed by atoms with Crippen LogP contribution in [0.15, 0.2) is 18.2 Å². The molecule has 1 aromatic carbocycles. The van der Waals surface area contributed by atoms with Gasteiger partial charge < -0.3 is 10.2 Å². The molecule has 1 fully saturated rings. The molecule has 18 heavy (non-hydrogen) atoms.